The smallest absolute Gasteiger partial charge is 0.294 e. The molecule has 1 atom stereocenters. The van der Waals surface area contributed by atoms with Crippen LogP contribution in [0.5, 0.6) is 0 Å². The molecule has 5 rings (SSSR count). The minimum Gasteiger partial charge on any atom is -0.503 e. The highest BCUT2D eigenvalue weighted by molar-refractivity contribution is 6.20. The molecule has 1 aliphatic heterocycles. The van der Waals surface area contributed by atoms with Gasteiger partial charge >= 0.3 is 0 Å². The van der Waals surface area contributed by atoms with Crippen LogP contribution < -0.4 is 4.90 Å². The summed E-state index contributed by atoms with van der Waals surface area (Å²) in [7, 11) is 0. The number of fused-ring (bicyclic) bond motifs is 1. The summed E-state index contributed by atoms with van der Waals surface area (Å²) in [5.74, 6) is -2.65. The first-order valence-corrected chi connectivity index (χ1v) is 10.0. The van der Waals surface area contributed by atoms with Gasteiger partial charge in [-0.15, -0.1) is 0 Å². The maximum atomic E-state index is 13.6. The first-order valence-electron chi connectivity index (χ1n) is 10.0. The average Bonchev–Trinajstić information content (AvgIpc) is 3.39. The fourth-order valence-corrected chi connectivity index (χ4v) is 3.99. The van der Waals surface area contributed by atoms with Crippen molar-refractivity contribution < 1.29 is 23.5 Å². The Kier molecular flexibility index (Phi) is 4.76. The first-order chi connectivity index (χ1) is 16.0. The molecule has 0 fully saturated rings. The van der Waals surface area contributed by atoms with Crippen molar-refractivity contribution in [3.63, 3.8) is 0 Å². The number of para-hydroxylation sites is 1. The van der Waals surface area contributed by atoms with E-state index in [0.717, 1.165) is 0 Å². The van der Waals surface area contributed by atoms with Crippen molar-refractivity contribution in [3.05, 3.63) is 113 Å². The number of aliphatic hydroxyl groups excluding tert-OH is 1. The lowest BCUT2D eigenvalue weighted by Crippen LogP contribution is -2.31. The molecule has 1 aliphatic rings. The monoisotopic (exact) mass is 438 g/mol. The molecule has 0 bridgehead atoms. The number of ketones is 1. The van der Waals surface area contributed by atoms with Crippen molar-refractivity contribution >= 4 is 28.3 Å². The molecule has 160 valence electrons. The Labute approximate surface area is 187 Å². The quantitative estimate of drug-likeness (QED) is 0.441. The number of benzene rings is 3. The van der Waals surface area contributed by atoms with E-state index in [4.69, 9.17) is 9.68 Å². The van der Waals surface area contributed by atoms with Gasteiger partial charge in [0.25, 0.3) is 5.91 Å². The molecule has 2 heterocycles. The summed E-state index contributed by atoms with van der Waals surface area (Å²) in [6, 6.07) is 21.1. The van der Waals surface area contributed by atoms with Gasteiger partial charge in [0.05, 0.1) is 23.2 Å². The van der Waals surface area contributed by atoms with E-state index in [0.29, 0.717) is 27.8 Å². The van der Waals surface area contributed by atoms with Crippen LogP contribution in [-0.2, 0) is 4.79 Å². The summed E-state index contributed by atoms with van der Waals surface area (Å²) in [6.07, 6.45) is 0. The molecule has 1 amide bonds. The number of hydrogen-bond donors (Lipinski definition) is 1. The lowest BCUT2D eigenvalue weighted by atomic mass is 9.94. The molecule has 33 heavy (non-hydrogen) atoms. The Morgan fingerprint density at radius 3 is 2.39 bits per heavy atom. The highest BCUT2D eigenvalue weighted by Crippen LogP contribution is 2.42. The number of nitriles is 1. The Hall–Kier alpha value is -4.70. The summed E-state index contributed by atoms with van der Waals surface area (Å²) in [4.78, 5) is 27.9. The van der Waals surface area contributed by atoms with E-state index in [-0.39, 0.29) is 11.3 Å². The fourth-order valence-electron chi connectivity index (χ4n) is 3.99. The summed E-state index contributed by atoms with van der Waals surface area (Å²) >= 11 is 0. The number of rotatable bonds is 4. The van der Waals surface area contributed by atoms with Gasteiger partial charge in [0.2, 0.25) is 5.78 Å². The molecule has 4 aromatic rings. The molecule has 0 spiro atoms. The number of furan rings is 1. The highest BCUT2D eigenvalue weighted by atomic mass is 19.1. The number of hydrogen-bond acceptors (Lipinski definition) is 5. The van der Waals surface area contributed by atoms with E-state index in [1.165, 1.54) is 41.3 Å². The predicted molar refractivity (Wildman–Crippen MR) is 118 cm³/mol. The molecule has 0 aliphatic carbocycles. The van der Waals surface area contributed by atoms with Crippen LogP contribution in [0.2, 0.25) is 0 Å². The van der Waals surface area contributed by atoms with Crippen LogP contribution in [0, 0.1) is 17.1 Å². The maximum Gasteiger partial charge on any atom is 0.294 e. The highest BCUT2D eigenvalue weighted by Gasteiger charge is 2.45. The van der Waals surface area contributed by atoms with Crippen molar-refractivity contribution in [1.29, 1.82) is 5.26 Å². The van der Waals surface area contributed by atoms with Crippen LogP contribution >= 0.6 is 0 Å². The standard InChI is InChI=1S/C26H15FN2O4/c27-18-9-7-16(8-10-18)23-22(24(30)21-13-17-3-1-2-4-20(17)33-21)25(31)26(32)29(23)19-11-5-15(14-28)6-12-19/h1-13,23,31H. The van der Waals surface area contributed by atoms with Crippen molar-refractivity contribution in [3.8, 4) is 6.07 Å². The third kappa shape index (κ3) is 3.34. The number of anilines is 1. The topological polar surface area (TPSA) is 94.5 Å². The number of amides is 1. The van der Waals surface area contributed by atoms with E-state index >= 15 is 0 Å². The van der Waals surface area contributed by atoms with Crippen LogP contribution in [0.4, 0.5) is 10.1 Å². The molecule has 1 N–H and O–H groups in total. The van der Waals surface area contributed by atoms with Crippen LogP contribution in [0.25, 0.3) is 11.0 Å². The van der Waals surface area contributed by atoms with E-state index in [9.17, 15) is 19.1 Å². The minimum absolute atomic E-state index is 0.0284. The van der Waals surface area contributed by atoms with Gasteiger partial charge in [-0.2, -0.15) is 5.26 Å². The van der Waals surface area contributed by atoms with Gasteiger partial charge in [0.1, 0.15) is 11.4 Å². The SMILES string of the molecule is N#Cc1ccc(N2C(=O)C(O)=C(C(=O)c3cc4ccccc4o3)C2c2ccc(F)cc2)cc1. The second kappa shape index (κ2) is 7.77. The number of nitrogens with zero attached hydrogens (tertiary/aromatic N) is 2. The zero-order valence-electron chi connectivity index (χ0n) is 17.0. The van der Waals surface area contributed by atoms with Crippen molar-refractivity contribution in [2.75, 3.05) is 4.90 Å². The summed E-state index contributed by atoms with van der Waals surface area (Å²) in [5, 5.41) is 20.6. The van der Waals surface area contributed by atoms with Gasteiger partial charge in [-0.25, -0.2) is 4.39 Å². The number of carbonyl (C=O) groups is 2. The second-order valence-electron chi connectivity index (χ2n) is 7.53. The lowest BCUT2D eigenvalue weighted by molar-refractivity contribution is -0.117. The molecule has 0 saturated heterocycles. The Balaban J connectivity index is 1.65. The van der Waals surface area contributed by atoms with Gasteiger partial charge in [0, 0.05) is 11.1 Å². The number of Topliss-reactive ketones (excluding diaryl/α,β-unsaturated/α-hetero) is 1. The molecular formula is C26H15FN2O4. The normalized spacial score (nSPS) is 15.8. The Morgan fingerprint density at radius 2 is 1.73 bits per heavy atom. The van der Waals surface area contributed by atoms with E-state index < -0.39 is 29.3 Å². The van der Waals surface area contributed by atoms with Crippen molar-refractivity contribution in [2.24, 2.45) is 0 Å². The molecule has 0 radical (unpaired) electrons. The largest absolute Gasteiger partial charge is 0.503 e. The molecule has 1 unspecified atom stereocenters. The van der Waals surface area contributed by atoms with Gasteiger partial charge in [0.15, 0.2) is 11.5 Å². The molecule has 7 heteroatoms. The number of aliphatic hydroxyl groups is 1. The summed E-state index contributed by atoms with van der Waals surface area (Å²) in [5.41, 5.74) is 1.51. The van der Waals surface area contributed by atoms with Gasteiger partial charge in [-0.1, -0.05) is 30.3 Å². The summed E-state index contributed by atoms with van der Waals surface area (Å²) in [6.45, 7) is 0. The van der Waals surface area contributed by atoms with Gasteiger partial charge < -0.3 is 9.52 Å². The van der Waals surface area contributed by atoms with Crippen molar-refractivity contribution in [2.45, 2.75) is 6.04 Å². The number of halogens is 1. The van der Waals surface area contributed by atoms with Gasteiger partial charge in [-0.05, 0) is 54.1 Å². The summed E-state index contributed by atoms with van der Waals surface area (Å²) < 4.78 is 19.3. The van der Waals surface area contributed by atoms with E-state index in [2.05, 4.69) is 0 Å². The Morgan fingerprint density at radius 1 is 1.03 bits per heavy atom. The van der Waals surface area contributed by atoms with Crippen LogP contribution in [-0.4, -0.2) is 16.8 Å². The Bertz CT molecular complexity index is 1440. The minimum atomic E-state index is -1.02. The van der Waals surface area contributed by atoms with Crippen LogP contribution in [0.1, 0.15) is 27.7 Å². The van der Waals surface area contributed by atoms with Crippen LogP contribution in [0.15, 0.2) is 94.6 Å². The van der Waals surface area contributed by atoms with Crippen LogP contribution in [0.3, 0.4) is 0 Å². The second-order valence-corrected chi connectivity index (χ2v) is 7.53. The zero-order valence-corrected chi connectivity index (χ0v) is 17.0. The molecule has 0 saturated carbocycles. The van der Waals surface area contributed by atoms with E-state index in [1.807, 2.05) is 6.07 Å². The fraction of sp³-hybridized carbons (Fsp3) is 0.0385. The lowest BCUT2D eigenvalue weighted by Gasteiger charge is -2.26. The van der Waals surface area contributed by atoms with E-state index in [1.54, 1.807) is 42.5 Å². The molecular weight excluding hydrogens is 423 g/mol. The molecule has 1 aromatic heterocycles. The zero-order chi connectivity index (χ0) is 23.1. The molecule has 3 aromatic carbocycles. The maximum absolute atomic E-state index is 13.6. The third-order valence-corrected chi connectivity index (χ3v) is 5.56. The van der Waals surface area contributed by atoms with Gasteiger partial charge in [-0.3, -0.25) is 14.5 Å². The molecule has 6 nitrogen and oxygen atoms in total. The first kappa shape index (κ1) is 20.2. The number of carbonyl (C=O) groups excluding carboxylic acids is 2. The predicted octanol–water partition coefficient (Wildman–Crippen LogP) is 5.23. The third-order valence-electron chi connectivity index (χ3n) is 5.56. The average molecular weight is 438 g/mol. The van der Waals surface area contributed by atoms with Crippen molar-refractivity contribution in [1.82, 2.24) is 0 Å².